The summed E-state index contributed by atoms with van der Waals surface area (Å²) in [5, 5.41) is 19.6. The maximum atomic E-state index is 13.4. The average molecular weight is 500 g/mol. The molecule has 3 rings (SSSR count). The lowest BCUT2D eigenvalue weighted by atomic mass is 9.79. The quantitative estimate of drug-likeness (QED) is 0.356. The Balaban J connectivity index is 2.38. The van der Waals surface area contributed by atoms with Crippen molar-refractivity contribution < 1.29 is 14.3 Å². The number of benzene rings is 2. The molecule has 0 saturated heterocycles. The molecule has 6 N–H and O–H groups in total. The van der Waals surface area contributed by atoms with Crippen molar-refractivity contribution in [3.8, 4) is 17.9 Å². The van der Waals surface area contributed by atoms with E-state index in [1.807, 2.05) is 19.1 Å². The molecule has 1 radical (unpaired) electrons. The van der Waals surface area contributed by atoms with Crippen molar-refractivity contribution in [2.75, 3.05) is 12.3 Å². The van der Waals surface area contributed by atoms with Gasteiger partial charge >= 0.3 is 0 Å². The van der Waals surface area contributed by atoms with Crippen LogP contribution < -0.4 is 21.9 Å². The van der Waals surface area contributed by atoms with Crippen LogP contribution in [0.3, 0.4) is 0 Å². The van der Waals surface area contributed by atoms with E-state index in [0.29, 0.717) is 17.5 Å². The number of rotatable bonds is 10. The number of carbonyl (C=O) groups excluding carboxylic acids is 2. The van der Waals surface area contributed by atoms with E-state index in [1.165, 1.54) is 0 Å². The van der Waals surface area contributed by atoms with Gasteiger partial charge in [0, 0.05) is 0 Å². The highest BCUT2D eigenvalue weighted by molar-refractivity contribution is 8.01. The molecular formula is C26H23N6O3S. The zero-order valence-corrected chi connectivity index (χ0v) is 20.2. The fraction of sp³-hybridized carbons (Fsp3) is 0.154. The Bertz CT molecular complexity index is 1350. The van der Waals surface area contributed by atoms with Crippen LogP contribution in [0.4, 0.5) is 5.82 Å². The molecule has 1 atom stereocenters. The lowest BCUT2D eigenvalue weighted by molar-refractivity contribution is -0.123. The largest absolute Gasteiger partial charge is 0.491 e. The van der Waals surface area contributed by atoms with Crippen LogP contribution >= 0.6 is 11.8 Å². The van der Waals surface area contributed by atoms with E-state index >= 15 is 0 Å². The summed E-state index contributed by atoms with van der Waals surface area (Å²) in [7, 11) is 0. The van der Waals surface area contributed by atoms with Gasteiger partial charge in [0.2, 0.25) is 11.8 Å². The molecule has 0 fully saturated rings. The number of nitriles is 2. The molecule has 0 bridgehead atoms. The first-order valence-electron chi connectivity index (χ1n) is 10.8. The molecule has 0 spiro atoms. The highest BCUT2D eigenvalue weighted by atomic mass is 32.2. The van der Waals surface area contributed by atoms with Crippen LogP contribution in [0.25, 0.3) is 0 Å². The van der Waals surface area contributed by atoms with Crippen molar-refractivity contribution in [1.82, 2.24) is 4.98 Å². The number of anilines is 1. The van der Waals surface area contributed by atoms with E-state index in [9.17, 15) is 20.1 Å². The van der Waals surface area contributed by atoms with Crippen molar-refractivity contribution in [2.45, 2.75) is 23.1 Å². The number of ether oxygens (including phenoxy) is 1. The highest BCUT2D eigenvalue weighted by Gasteiger charge is 2.52. The second-order valence-corrected chi connectivity index (χ2v) is 8.78. The normalized spacial score (nSPS) is 12.2. The number of amides is 2. The van der Waals surface area contributed by atoms with Gasteiger partial charge < -0.3 is 21.9 Å². The fourth-order valence-electron chi connectivity index (χ4n) is 3.70. The highest BCUT2D eigenvalue weighted by Crippen LogP contribution is 2.52. The van der Waals surface area contributed by atoms with Crippen molar-refractivity contribution >= 4 is 29.4 Å². The van der Waals surface area contributed by atoms with Crippen molar-refractivity contribution in [2.24, 2.45) is 11.5 Å². The SMILES string of the molecule is CCCOc1c(C#N)c(N)nc(SC([C](C(N)=O)c2ccccc2)(C(N)=O)c2ccccc2)c1C#N. The average Bonchev–Trinajstić information content (AvgIpc) is 2.87. The Kier molecular flexibility index (Phi) is 8.15. The van der Waals surface area contributed by atoms with Gasteiger partial charge in [0.1, 0.15) is 44.8 Å². The minimum atomic E-state index is -1.91. The zero-order valence-electron chi connectivity index (χ0n) is 19.4. The lowest BCUT2D eigenvalue weighted by Crippen LogP contribution is -2.49. The molecule has 0 aliphatic rings. The van der Waals surface area contributed by atoms with Gasteiger partial charge in [-0.3, -0.25) is 9.59 Å². The molecule has 2 amide bonds. The van der Waals surface area contributed by atoms with Crippen LogP contribution in [-0.2, 0) is 14.3 Å². The van der Waals surface area contributed by atoms with Crippen LogP contribution in [-0.4, -0.2) is 23.4 Å². The summed E-state index contributed by atoms with van der Waals surface area (Å²) in [5.74, 6) is -2.16. The number of pyridine rings is 1. The number of hydrogen-bond donors (Lipinski definition) is 3. The molecule has 0 aliphatic heterocycles. The number of thioether (sulfide) groups is 1. The van der Waals surface area contributed by atoms with Gasteiger partial charge in [-0.25, -0.2) is 4.98 Å². The zero-order chi connectivity index (χ0) is 26.3. The molecule has 0 aliphatic carbocycles. The summed E-state index contributed by atoms with van der Waals surface area (Å²) >= 11 is 0.745. The topological polar surface area (TPSA) is 182 Å². The minimum Gasteiger partial charge on any atom is -0.491 e. The van der Waals surface area contributed by atoms with Crippen molar-refractivity contribution in [3.63, 3.8) is 0 Å². The Morgan fingerprint density at radius 1 is 1.00 bits per heavy atom. The molecule has 36 heavy (non-hydrogen) atoms. The Hall–Kier alpha value is -4.54. The summed E-state index contributed by atoms with van der Waals surface area (Å²) in [6.07, 6.45) is 0.600. The van der Waals surface area contributed by atoms with Gasteiger partial charge in [-0.1, -0.05) is 79.3 Å². The molecule has 1 unspecified atom stereocenters. The van der Waals surface area contributed by atoms with Crippen molar-refractivity contribution in [3.05, 3.63) is 88.8 Å². The van der Waals surface area contributed by atoms with Gasteiger partial charge in [0.25, 0.3) is 0 Å². The molecular weight excluding hydrogens is 476 g/mol. The molecule has 3 aromatic rings. The molecule has 10 heteroatoms. The van der Waals surface area contributed by atoms with Crippen LogP contribution in [0.5, 0.6) is 5.75 Å². The standard InChI is InChI=1S/C26H23N6O3S/c1-2-13-35-21-18(14-27)22(29)32-24(19(21)15-28)36-26(25(31)34,17-11-7-4-8-12-17)20(23(30)33)16-9-5-3-6-10-16/h3-12H,2,13H2,1H3,(H2,29,32)(H2,30,33)(H2,31,34). The molecule has 181 valence electrons. The van der Waals surface area contributed by atoms with E-state index in [1.54, 1.807) is 60.7 Å². The summed E-state index contributed by atoms with van der Waals surface area (Å²) in [6.45, 7) is 2.07. The third-order valence-corrected chi connectivity index (χ3v) is 6.69. The number of hydrogen-bond acceptors (Lipinski definition) is 8. The molecule has 1 heterocycles. The van der Waals surface area contributed by atoms with Crippen molar-refractivity contribution in [1.29, 1.82) is 10.5 Å². The lowest BCUT2D eigenvalue weighted by Gasteiger charge is -2.36. The van der Waals surface area contributed by atoms with E-state index in [-0.39, 0.29) is 40.2 Å². The smallest absolute Gasteiger partial charge is 0.240 e. The summed E-state index contributed by atoms with van der Waals surface area (Å²) in [4.78, 5) is 30.5. The number of nitrogens with zero attached hydrogens (tertiary/aromatic N) is 3. The Morgan fingerprint density at radius 3 is 2.08 bits per heavy atom. The predicted molar refractivity (Wildman–Crippen MR) is 135 cm³/mol. The number of carbonyl (C=O) groups is 2. The van der Waals surface area contributed by atoms with Gasteiger partial charge in [-0.05, 0) is 17.5 Å². The summed E-state index contributed by atoms with van der Waals surface area (Å²) in [5.41, 5.74) is 18.4. The third kappa shape index (κ3) is 4.81. The predicted octanol–water partition coefficient (Wildman–Crippen LogP) is 2.78. The minimum absolute atomic E-state index is 0.0440. The third-order valence-electron chi connectivity index (χ3n) is 5.26. The van der Waals surface area contributed by atoms with Crippen LogP contribution in [0.1, 0.15) is 35.6 Å². The van der Waals surface area contributed by atoms with Crippen LogP contribution in [0, 0.1) is 28.6 Å². The van der Waals surface area contributed by atoms with Crippen LogP contribution in [0.15, 0.2) is 65.7 Å². The monoisotopic (exact) mass is 499 g/mol. The van der Waals surface area contributed by atoms with Gasteiger partial charge in [0.15, 0.2) is 5.75 Å². The van der Waals surface area contributed by atoms with Crippen LogP contribution in [0.2, 0.25) is 0 Å². The van der Waals surface area contributed by atoms with E-state index in [2.05, 4.69) is 4.98 Å². The molecule has 9 nitrogen and oxygen atoms in total. The number of primary amides is 2. The number of aromatic nitrogens is 1. The molecule has 0 saturated carbocycles. The summed E-state index contributed by atoms with van der Waals surface area (Å²) in [6, 6.07) is 20.6. The molecule has 2 aromatic carbocycles. The second-order valence-electron chi connectivity index (χ2n) is 7.57. The Labute approximate surface area is 212 Å². The van der Waals surface area contributed by atoms with E-state index < -0.39 is 16.6 Å². The van der Waals surface area contributed by atoms with E-state index in [0.717, 1.165) is 11.8 Å². The number of nitrogens with two attached hydrogens (primary N) is 3. The summed E-state index contributed by atoms with van der Waals surface area (Å²) < 4.78 is 3.79. The molecule has 1 aromatic heterocycles. The van der Waals surface area contributed by atoms with E-state index in [4.69, 9.17) is 21.9 Å². The first-order valence-corrected chi connectivity index (χ1v) is 11.7. The first-order chi connectivity index (χ1) is 17.3. The fourth-order valence-corrected chi connectivity index (χ4v) is 5.05. The Morgan fingerprint density at radius 2 is 1.58 bits per heavy atom. The van der Waals surface area contributed by atoms with Gasteiger partial charge in [-0.2, -0.15) is 10.5 Å². The number of nitrogen functional groups attached to an aromatic ring is 1. The van der Waals surface area contributed by atoms with Gasteiger partial charge in [0.05, 0.1) is 6.61 Å². The second kappa shape index (κ2) is 11.3. The van der Waals surface area contributed by atoms with Gasteiger partial charge in [-0.15, -0.1) is 0 Å². The maximum absolute atomic E-state index is 13.4. The maximum Gasteiger partial charge on any atom is 0.240 e. The first kappa shape index (κ1) is 26.1.